The van der Waals surface area contributed by atoms with E-state index in [2.05, 4.69) is 10.1 Å². The third-order valence-electron chi connectivity index (χ3n) is 4.24. The number of benzene rings is 2. The van der Waals surface area contributed by atoms with Gasteiger partial charge in [0.05, 0.1) is 24.3 Å². The van der Waals surface area contributed by atoms with Crippen LogP contribution >= 0.6 is 11.3 Å². The zero-order valence-electron chi connectivity index (χ0n) is 15.1. The van der Waals surface area contributed by atoms with Crippen molar-refractivity contribution in [2.75, 3.05) is 0 Å². The molecule has 0 radical (unpaired) electrons. The van der Waals surface area contributed by atoms with E-state index in [0.717, 1.165) is 45.1 Å². The smallest absolute Gasteiger partial charge is 0.350 e. The highest BCUT2D eigenvalue weighted by Gasteiger charge is 2.16. The summed E-state index contributed by atoms with van der Waals surface area (Å²) in [6.07, 6.45) is 1.11. The van der Waals surface area contributed by atoms with E-state index in [1.807, 2.05) is 0 Å². The standard InChI is InChI=1S/C19H13F3N4O3S/c20-13-2-1-3-14(21)12(13)7-25-9-24-26(19(25)28)11-4-5-17(15(22)6-11)29-18-16(8-27)23-10-30-18/h1-6,9-10,27H,7-8H2. The number of aromatic nitrogens is 4. The largest absolute Gasteiger partial charge is 0.441 e. The Morgan fingerprint density at radius 2 is 1.87 bits per heavy atom. The average molecular weight is 434 g/mol. The summed E-state index contributed by atoms with van der Waals surface area (Å²) < 4.78 is 49.5. The monoisotopic (exact) mass is 434 g/mol. The number of hydrogen-bond donors (Lipinski definition) is 1. The summed E-state index contributed by atoms with van der Waals surface area (Å²) in [5.74, 6) is -2.47. The van der Waals surface area contributed by atoms with Crippen molar-refractivity contribution in [3.63, 3.8) is 0 Å². The number of hydrogen-bond acceptors (Lipinski definition) is 6. The predicted octanol–water partition coefficient (Wildman–Crippen LogP) is 3.24. The minimum atomic E-state index is -0.785. The molecule has 0 aliphatic carbocycles. The molecule has 0 amide bonds. The SMILES string of the molecule is O=c1n(Cc2c(F)cccc2F)cnn1-c1ccc(Oc2scnc2CO)c(F)c1. The molecule has 4 rings (SSSR count). The first-order valence-electron chi connectivity index (χ1n) is 8.56. The van der Waals surface area contributed by atoms with Gasteiger partial charge in [0.15, 0.2) is 11.6 Å². The van der Waals surface area contributed by atoms with Gasteiger partial charge in [0.1, 0.15) is 23.7 Å². The third kappa shape index (κ3) is 3.72. The summed E-state index contributed by atoms with van der Waals surface area (Å²) in [5.41, 5.74) is 0.856. The zero-order valence-corrected chi connectivity index (χ0v) is 15.9. The molecule has 0 atom stereocenters. The highest BCUT2D eigenvalue weighted by atomic mass is 32.1. The second-order valence-corrected chi connectivity index (χ2v) is 6.93. The van der Waals surface area contributed by atoms with Gasteiger partial charge < -0.3 is 9.84 Å². The average Bonchev–Trinajstić information content (AvgIpc) is 3.32. The van der Waals surface area contributed by atoms with Crippen molar-refractivity contribution in [3.05, 3.63) is 87.4 Å². The van der Waals surface area contributed by atoms with Gasteiger partial charge in [-0.3, -0.25) is 4.57 Å². The maximum Gasteiger partial charge on any atom is 0.350 e. The van der Waals surface area contributed by atoms with E-state index in [1.165, 1.54) is 23.7 Å². The predicted molar refractivity (Wildman–Crippen MR) is 101 cm³/mol. The number of halogens is 3. The van der Waals surface area contributed by atoms with Crippen LogP contribution in [0.5, 0.6) is 10.8 Å². The fourth-order valence-electron chi connectivity index (χ4n) is 2.72. The van der Waals surface area contributed by atoms with Gasteiger partial charge in [-0.15, -0.1) is 0 Å². The zero-order chi connectivity index (χ0) is 21.3. The number of aliphatic hydroxyl groups is 1. The number of rotatable bonds is 6. The molecule has 2 heterocycles. The van der Waals surface area contributed by atoms with Gasteiger partial charge in [-0.05, 0) is 24.3 Å². The van der Waals surface area contributed by atoms with Crippen molar-refractivity contribution in [1.29, 1.82) is 0 Å². The Morgan fingerprint density at radius 1 is 1.10 bits per heavy atom. The van der Waals surface area contributed by atoms with E-state index in [0.29, 0.717) is 0 Å². The normalized spacial score (nSPS) is 11.1. The second-order valence-electron chi connectivity index (χ2n) is 6.11. The van der Waals surface area contributed by atoms with Gasteiger partial charge in [-0.25, -0.2) is 22.9 Å². The first-order valence-corrected chi connectivity index (χ1v) is 9.44. The Bertz CT molecular complexity index is 1250. The second kappa shape index (κ2) is 8.13. The molecule has 0 bridgehead atoms. The van der Waals surface area contributed by atoms with Crippen LogP contribution in [0.15, 0.2) is 53.0 Å². The molecule has 30 heavy (non-hydrogen) atoms. The lowest BCUT2D eigenvalue weighted by molar-refractivity contribution is 0.272. The lowest BCUT2D eigenvalue weighted by Gasteiger charge is -2.07. The highest BCUT2D eigenvalue weighted by molar-refractivity contribution is 7.11. The van der Waals surface area contributed by atoms with E-state index < -0.39 is 23.1 Å². The van der Waals surface area contributed by atoms with E-state index in [-0.39, 0.29) is 40.9 Å². The molecule has 0 unspecified atom stereocenters. The fraction of sp³-hybridized carbons (Fsp3) is 0.105. The Labute approximate surface area is 171 Å². The topological polar surface area (TPSA) is 82.2 Å². The Balaban J connectivity index is 1.61. The Kier molecular flexibility index (Phi) is 5.38. The highest BCUT2D eigenvalue weighted by Crippen LogP contribution is 2.31. The van der Waals surface area contributed by atoms with Gasteiger partial charge in [0.2, 0.25) is 5.06 Å². The molecule has 2 aromatic heterocycles. The fourth-order valence-corrected chi connectivity index (χ4v) is 3.39. The van der Waals surface area contributed by atoms with Crippen molar-refractivity contribution < 1.29 is 23.0 Å². The molecule has 2 aromatic carbocycles. The van der Waals surface area contributed by atoms with Crippen LogP contribution in [0.2, 0.25) is 0 Å². The molecule has 1 N–H and O–H groups in total. The van der Waals surface area contributed by atoms with E-state index in [9.17, 15) is 23.1 Å². The van der Waals surface area contributed by atoms with Crippen LogP contribution in [-0.2, 0) is 13.2 Å². The molecule has 4 aromatic rings. The maximum absolute atomic E-state index is 14.5. The van der Waals surface area contributed by atoms with E-state index in [1.54, 1.807) is 0 Å². The number of thiazole rings is 1. The van der Waals surface area contributed by atoms with Gasteiger partial charge >= 0.3 is 5.69 Å². The van der Waals surface area contributed by atoms with E-state index >= 15 is 0 Å². The van der Waals surface area contributed by atoms with Crippen molar-refractivity contribution in [1.82, 2.24) is 19.3 Å². The Morgan fingerprint density at radius 3 is 2.57 bits per heavy atom. The number of nitrogens with zero attached hydrogens (tertiary/aromatic N) is 4. The summed E-state index contributed by atoms with van der Waals surface area (Å²) in [5, 5.41) is 13.3. The molecular weight excluding hydrogens is 421 g/mol. The van der Waals surface area contributed by atoms with Crippen molar-refractivity contribution in [3.8, 4) is 16.5 Å². The van der Waals surface area contributed by atoms with Crippen molar-refractivity contribution in [2.24, 2.45) is 0 Å². The summed E-state index contributed by atoms with van der Waals surface area (Å²) in [4.78, 5) is 16.5. The quantitative estimate of drug-likeness (QED) is 0.504. The summed E-state index contributed by atoms with van der Waals surface area (Å²) in [6, 6.07) is 7.15. The van der Waals surface area contributed by atoms with Gasteiger partial charge in [-0.1, -0.05) is 17.4 Å². The Hall–Kier alpha value is -3.44. The lowest BCUT2D eigenvalue weighted by Crippen LogP contribution is -2.24. The lowest BCUT2D eigenvalue weighted by atomic mass is 10.2. The van der Waals surface area contributed by atoms with Gasteiger partial charge in [-0.2, -0.15) is 9.78 Å². The van der Waals surface area contributed by atoms with Crippen LogP contribution < -0.4 is 10.4 Å². The minimum absolute atomic E-state index is 0.101. The minimum Gasteiger partial charge on any atom is -0.441 e. The molecule has 0 aliphatic heterocycles. The van der Waals surface area contributed by atoms with Crippen LogP contribution in [0.4, 0.5) is 13.2 Å². The van der Waals surface area contributed by atoms with Crippen LogP contribution in [0.3, 0.4) is 0 Å². The molecule has 0 saturated heterocycles. The third-order valence-corrected chi connectivity index (χ3v) is 4.98. The van der Waals surface area contributed by atoms with Crippen LogP contribution in [-0.4, -0.2) is 24.4 Å². The molecule has 0 spiro atoms. The van der Waals surface area contributed by atoms with Crippen molar-refractivity contribution >= 4 is 11.3 Å². The summed E-state index contributed by atoms with van der Waals surface area (Å²) >= 11 is 1.10. The molecule has 0 saturated carbocycles. The molecule has 7 nitrogen and oxygen atoms in total. The van der Waals surface area contributed by atoms with Crippen LogP contribution in [0, 0.1) is 17.5 Å². The molecule has 0 aliphatic rings. The summed E-state index contributed by atoms with van der Waals surface area (Å²) in [7, 11) is 0. The van der Waals surface area contributed by atoms with Crippen LogP contribution in [0.1, 0.15) is 11.3 Å². The van der Waals surface area contributed by atoms with Crippen LogP contribution in [0.25, 0.3) is 5.69 Å². The van der Waals surface area contributed by atoms with Gasteiger partial charge in [0.25, 0.3) is 0 Å². The first-order chi connectivity index (χ1) is 14.5. The molecule has 0 fully saturated rings. The van der Waals surface area contributed by atoms with Gasteiger partial charge in [0, 0.05) is 11.6 Å². The van der Waals surface area contributed by atoms with Crippen molar-refractivity contribution in [2.45, 2.75) is 13.2 Å². The summed E-state index contributed by atoms with van der Waals surface area (Å²) in [6.45, 7) is -0.718. The molecule has 154 valence electrons. The number of aliphatic hydroxyl groups excluding tert-OH is 1. The maximum atomic E-state index is 14.5. The first kappa shape index (κ1) is 19.9. The van der Waals surface area contributed by atoms with E-state index in [4.69, 9.17) is 4.74 Å². The molecule has 11 heteroatoms. The molecular formula is C19H13F3N4O3S. The number of ether oxygens (including phenoxy) is 1.